The van der Waals surface area contributed by atoms with Crippen LogP contribution in [0.4, 0.5) is 0 Å². The van der Waals surface area contributed by atoms with E-state index in [9.17, 15) is 0 Å². The van der Waals surface area contributed by atoms with Crippen molar-refractivity contribution in [2.75, 3.05) is 24.6 Å². The summed E-state index contributed by atoms with van der Waals surface area (Å²) in [6.45, 7) is 9.43. The Balaban J connectivity index is 0. The zero-order chi connectivity index (χ0) is 31.4. The van der Waals surface area contributed by atoms with Gasteiger partial charge in [0, 0.05) is 0 Å². The summed E-state index contributed by atoms with van der Waals surface area (Å²) in [7, 11) is -1.05. The molecule has 0 aliphatic carbocycles. The van der Waals surface area contributed by atoms with Crippen LogP contribution < -0.4 is 0 Å². The van der Waals surface area contributed by atoms with E-state index < -0.39 is 13.2 Å². The Hall–Kier alpha value is -1.10. The minimum absolute atomic E-state index is 1.05. The molecule has 0 aromatic rings. The van der Waals surface area contributed by atoms with Gasteiger partial charge in [-0.15, -0.1) is 0 Å². The fraction of sp³-hybridized carbons (Fsp3) is 0.921. The molecule has 0 spiro atoms. The van der Waals surface area contributed by atoms with Crippen LogP contribution in [0.2, 0.25) is 0 Å². The zero-order valence-corrected chi connectivity index (χ0v) is 30.1. The number of hydrogen-bond acceptors (Lipinski definition) is 3. The molecule has 0 bridgehead atoms. The van der Waals surface area contributed by atoms with Gasteiger partial charge in [0.25, 0.3) is 0 Å². The van der Waals surface area contributed by atoms with Crippen molar-refractivity contribution in [3.8, 4) is 18.2 Å². The summed E-state index contributed by atoms with van der Waals surface area (Å²) in [6, 6.07) is 4.44. The molecular formula is C38H74N3P. The summed E-state index contributed by atoms with van der Waals surface area (Å²) in [5.74, 6) is -1.10. The van der Waals surface area contributed by atoms with Crippen molar-refractivity contribution in [2.24, 2.45) is 5.92 Å². The summed E-state index contributed by atoms with van der Waals surface area (Å²) in [5.41, 5.74) is 0. The summed E-state index contributed by atoms with van der Waals surface area (Å²) in [4.78, 5) is 0. The molecule has 0 unspecified atom stereocenters. The first-order valence-corrected chi connectivity index (χ1v) is 21.6. The summed E-state index contributed by atoms with van der Waals surface area (Å²) < 4.78 is 0. The molecule has 3 nitrogen and oxygen atoms in total. The predicted octanol–water partition coefficient (Wildman–Crippen LogP) is 13.1. The minimum Gasteiger partial charge on any atom is -0.196 e. The second kappa shape index (κ2) is 36.1. The molecule has 0 N–H and O–H groups in total. The third-order valence-electron chi connectivity index (χ3n) is 9.13. The van der Waals surface area contributed by atoms with Crippen LogP contribution in [-0.4, -0.2) is 24.6 Å². The van der Waals surface area contributed by atoms with E-state index in [1.807, 2.05) is 0 Å². The number of nitrogens with zero attached hydrogens (tertiary/aromatic N) is 3. The predicted molar refractivity (Wildman–Crippen MR) is 191 cm³/mol. The normalized spacial score (nSPS) is 11.4. The zero-order valence-electron chi connectivity index (χ0n) is 29.1. The van der Waals surface area contributed by atoms with Crippen molar-refractivity contribution in [2.45, 2.75) is 195 Å². The van der Waals surface area contributed by atoms with Gasteiger partial charge >= 0.3 is 200 Å². The molecule has 42 heavy (non-hydrogen) atoms. The van der Waals surface area contributed by atoms with Crippen molar-refractivity contribution in [1.29, 1.82) is 15.8 Å². The van der Waals surface area contributed by atoms with E-state index in [0.29, 0.717) is 0 Å². The van der Waals surface area contributed by atoms with Crippen LogP contribution in [0.3, 0.4) is 0 Å². The van der Waals surface area contributed by atoms with Gasteiger partial charge in [0.15, 0.2) is 0 Å². The van der Waals surface area contributed by atoms with Gasteiger partial charge in [-0.1, -0.05) is 26.2 Å². The van der Waals surface area contributed by atoms with Gasteiger partial charge in [-0.25, -0.2) is 0 Å². The van der Waals surface area contributed by atoms with E-state index >= 15 is 0 Å². The Bertz CT molecular complexity index is 592. The van der Waals surface area contributed by atoms with E-state index in [1.54, 1.807) is 50.3 Å². The molecule has 0 radical (unpaired) electrons. The molecule has 0 rings (SSSR count). The van der Waals surface area contributed by atoms with Gasteiger partial charge in [0.05, 0.1) is 18.2 Å². The van der Waals surface area contributed by atoms with Crippen molar-refractivity contribution in [3.63, 3.8) is 0 Å². The molecule has 0 saturated heterocycles. The molecule has 246 valence electrons. The van der Waals surface area contributed by atoms with Gasteiger partial charge in [0.1, 0.15) is 0 Å². The SMILES string of the molecule is CCCCCCCCCCCCCCCC[PH](CCCCCC)(CCCCCC)CCCCCC.N#CC(C#N)C#N. The Morgan fingerprint density at radius 1 is 0.333 bits per heavy atom. The molecule has 0 aliphatic rings. The van der Waals surface area contributed by atoms with Crippen molar-refractivity contribution < 1.29 is 0 Å². The van der Waals surface area contributed by atoms with Gasteiger partial charge in [-0.2, -0.15) is 15.8 Å². The fourth-order valence-corrected chi connectivity index (χ4v) is 11.8. The smallest absolute Gasteiger partial charge is 0.196 e. The summed E-state index contributed by atoms with van der Waals surface area (Å²) >= 11 is 0. The Morgan fingerprint density at radius 3 is 0.714 bits per heavy atom. The second-order valence-corrected chi connectivity index (χ2v) is 18.1. The quantitative estimate of drug-likeness (QED) is 0.0605. The first kappa shape index (κ1) is 43.0. The topological polar surface area (TPSA) is 71.4 Å². The van der Waals surface area contributed by atoms with Crippen LogP contribution >= 0.6 is 7.26 Å². The van der Waals surface area contributed by atoms with Gasteiger partial charge < -0.3 is 0 Å². The maximum absolute atomic E-state index is 7.83. The van der Waals surface area contributed by atoms with E-state index in [0.717, 1.165) is 0 Å². The minimum atomic E-state index is -1.10. The number of nitriles is 3. The molecule has 0 aromatic carbocycles. The Morgan fingerprint density at radius 2 is 0.524 bits per heavy atom. The van der Waals surface area contributed by atoms with E-state index in [2.05, 4.69) is 27.7 Å². The van der Waals surface area contributed by atoms with Crippen LogP contribution in [0.15, 0.2) is 0 Å². The molecular weight excluding hydrogens is 529 g/mol. The maximum atomic E-state index is 7.83. The number of unbranched alkanes of at least 4 members (excludes halogenated alkanes) is 22. The summed E-state index contributed by atoms with van der Waals surface area (Å²) in [6.07, 6.45) is 45.3. The Kier molecular flexibility index (Phi) is 37.0. The van der Waals surface area contributed by atoms with E-state index in [4.69, 9.17) is 15.8 Å². The second-order valence-electron chi connectivity index (χ2n) is 13.1. The molecule has 0 amide bonds. The first-order chi connectivity index (χ1) is 20.6. The van der Waals surface area contributed by atoms with E-state index in [-0.39, 0.29) is 0 Å². The van der Waals surface area contributed by atoms with Crippen molar-refractivity contribution >= 4 is 7.26 Å². The van der Waals surface area contributed by atoms with Crippen molar-refractivity contribution in [3.05, 3.63) is 0 Å². The maximum Gasteiger partial charge on any atom is 0.218 e. The van der Waals surface area contributed by atoms with Gasteiger partial charge in [-0.05, 0) is 0 Å². The molecule has 0 aromatic heterocycles. The molecule has 0 atom stereocenters. The third kappa shape index (κ3) is 30.4. The van der Waals surface area contributed by atoms with E-state index in [1.165, 1.54) is 159 Å². The standard InChI is InChI=1S/C34H73P.C4HN3/c1-5-9-13-17-18-19-20-21-22-23-24-25-26-30-34-35(31-27-14-10-6-2,32-28-15-11-7-3)33-29-16-12-8-4;5-1-4(2-6)3-7/h35H,5-34H2,1-4H3;4H. The fourth-order valence-electron chi connectivity index (χ4n) is 6.31. The van der Waals surface area contributed by atoms with Gasteiger partial charge in [-0.3, -0.25) is 0 Å². The molecule has 0 fully saturated rings. The Labute approximate surface area is 266 Å². The number of rotatable bonds is 30. The summed E-state index contributed by atoms with van der Waals surface area (Å²) in [5, 5.41) is 23.5. The monoisotopic (exact) mass is 604 g/mol. The third-order valence-corrected chi connectivity index (χ3v) is 14.8. The van der Waals surface area contributed by atoms with Crippen molar-refractivity contribution in [1.82, 2.24) is 0 Å². The molecule has 4 heteroatoms. The van der Waals surface area contributed by atoms with Crippen LogP contribution in [-0.2, 0) is 0 Å². The van der Waals surface area contributed by atoms with Gasteiger partial charge in [0.2, 0.25) is 5.92 Å². The van der Waals surface area contributed by atoms with Crippen LogP contribution in [0, 0.1) is 39.9 Å². The molecule has 0 aliphatic heterocycles. The largest absolute Gasteiger partial charge is 0.218 e. The molecule has 0 heterocycles. The van der Waals surface area contributed by atoms with Crippen LogP contribution in [0.5, 0.6) is 0 Å². The van der Waals surface area contributed by atoms with Crippen LogP contribution in [0.1, 0.15) is 195 Å². The van der Waals surface area contributed by atoms with Crippen LogP contribution in [0.25, 0.3) is 0 Å². The molecule has 0 saturated carbocycles. The first-order valence-electron chi connectivity index (χ1n) is 18.8. The average Bonchev–Trinajstić information content (AvgIpc) is 3.01. The average molecular weight is 604 g/mol. The number of hydrogen-bond donors (Lipinski definition) is 0.